The molecule has 0 unspecified atom stereocenters. The Morgan fingerprint density at radius 2 is 2.17 bits per heavy atom. The van der Waals surface area contributed by atoms with Crippen molar-refractivity contribution in [3.8, 4) is 0 Å². The van der Waals surface area contributed by atoms with Crippen molar-refractivity contribution in [1.82, 2.24) is 0 Å². The third-order valence-corrected chi connectivity index (χ3v) is 4.28. The SMILES string of the molecule is CSc1cc(SC)c([N+](=O)[O-])s1. The first-order chi connectivity index (χ1) is 5.69. The molecule has 0 saturated carbocycles. The number of hydrogen-bond acceptors (Lipinski definition) is 5. The number of thioether (sulfide) groups is 2. The molecular formula is C6H7NO2S3. The zero-order chi connectivity index (χ0) is 9.14. The largest absolute Gasteiger partial charge is 0.338 e. The highest BCUT2D eigenvalue weighted by atomic mass is 32.2. The normalized spacial score (nSPS) is 10.2. The molecule has 0 aliphatic rings. The molecule has 0 aromatic carbocycles. The summed E-state index contributed by atoms with van der Waals surface area (Å²) in [5, 5.41) is 10.8. The van der Waals surface area contributed by atoms with Crippen LogP contribution in [0.25, 0.3) is 0 Å². The zero-order valence-corrected chi connectivity index (χ0v) is 9.02. The third-order valence-electron chi connectivity index (χ3n) is 1.24. The summed E-state index contributed by atoms with van der Waals surface area (Å²) in [7, 11) is 0. The van der Waals surface area contributed by atoms with Crippen LogP contribution in [0.4, 0.5) is 5.00 Å². The molecule has 0 bridgehead atoms. The van der Waals surface area contributed by atoms with Crippen LogP contribution in [-0.4, -0.2) is 17.4 Å². The van der Waals surface area contributed by atoms with Crippen LogP contribution in [0.15, 0.2) is 15.2 Å². The highest BCUT2D eigenvalue weighted by molar-refractivity contribution is 8.01. The Bertz CT molecular complexity index is 297. The maximum atomic E-state index is 10.5. The van der Waals surface area contributed by atoms with Crippen LogP contribution < -0.4 is 0 Å². The summed E-state index contributed by atoms with van der Waals surface area (Å²) >= 11 is 4.19. The Kier molecular flexibility index (Phi) is 3.42. The van der Waals surface area contributed by atoms with Crippen molar-refractivity contribution in [2.24, 2.45) is 0 Å². The number of hydrogen-bond donors (Lipinski definition) is 0. The molecule has 6 heteroatoms. The standard InChI is InChI=1S/C6H7NO2S3/c1-10-4-3-5(11-2)12-6(4)7(8)9/h3H,1-2H3. The molecule has 66 valence electrons. The molecule has 0 aliphatic carbocycles. The Labute approximate surface area is 82.7 Å². The van der Waals surface area contributed by atoms with E-state index in [-0.39, 0.29) is 9.92 Å². The minimum atomic E-state index is -0.323. The van der Waals surface area contributed by atoms with Gasteiger partial charge in [-0.15, -0.1) is 23.5 Å². The zero-order valence-electron chi connectivity index (χ0n) is 6.57. The minimum Gasteiger partial charge on any atom is -0.258 e. The molecule has 0 radical (unpaired) electrons. The van der Waals surface area contributed by atoms with E-state index < -0.39 is 0 Å². The van der Waals surface area contributed by atoms with Gasteiger partial charge in [0.15, 0.2) is 0 Å². The number of nitro groups is 1. The van der Waals surface area contributed by atoms with Crippen LogP contribution >= 0.6 is 34.9 Å². The van der Waals surface area contributed by atoms with E-state index in [1.165, 1.54) is 34.9 Å². The van der Waals surface area contributed by atoms with Crippen LogP contribution in [0, 0.1) is 10.1 Å². The van der Waals surface area contributed by atoms with Gasteiger partial charge >= 0.3 is 5.00 Å². The summed E-state index contributed by atoms with van der Waals surface area (Å²) in [4.78, 5) is 10.9. The molecule has 1 rings (SSSR count). The van der Waals surface area contributed by atoms with Crippen LogP contribution in [0.3, 0.4) is 0 Å². The van der Waals surface area contributed by atoms with Gasteiger partial charge in [0.05, 0.1) is 14.0 Å². The first kappa shape index (κ1) is 9.88. The van der Waals surface area contributed by atoms with E-state index in [0.29, 0.717) is 0 Å². The molecule has 0 fully saturated rings. The van der Waals surface area contributed by atoms with Crippen molar-refractivity contribution in [3.63, 3.8) is 0 Å². The molecule has 3 nitrogen and oxygen atoms in total. The molecule has 1 heterocycles. The van der Waals surface area contributed by atoms with Crippen LogP contribution in [0.1, 0.15) is 0 Å². The summed E-state index contributed by atoms with van der Waals surface area (Å²) in [6, 6.07) is 1.86. The summed E-state index contributed by atoms with van der Waals surface area (Å²) in [6.07, 6.45) is 3.76. The maximum absolute atomic E-state index is 10.5. The minimum absolute atomic E-state index is 0.256. The van der Waals surface area contributed by atoms with E-state index in [1.54, 1.807) is 0 Å². The van der Waals surface area contributed by atoms with Gasteiger partial charge in [-0.3, -0.25) is 10.1 Å². The maximum Gasteiger partial charge on any atom is 0.338 e. The van der Waals surface area contributed by atoms with Gasteiger partial charge < -0.3 is 0 Å². The molecule has 0 spiro atoms. The smallest absolute Gasteiger partial charge is 0.258 e. The fourth-order valence-corrected chi connectivity index (χ4v) is 3.13. The summed E-state index contributed by atoms with van der Waals surface area (Å²) in [5.41, 5.74) is 0. The highest BCUT2D eigenvalue weighted by Crippen LogP contribution is 2.39. The van der Waals surface area contributed by atoms with Gasteiger partial charge in [-0.05, 0) is 18.6 Å². The molecule has 0 atom stereocenters. The molecule has 0 amide bonds. The van der Waals surface area contributed by atoms with E-state index in [1.807, 2.05) is 18.6 Å². The Morgan fingerprint density at radius 3 is 2.50 bits per heavy atom. The average molecular weight is 221 g/mol. The molecule has 12 heavy (non-hydrogen) atoms. The molecule has 1 aromatic heterocycles. The fraction of sp³-hybridized carbons (Fsp3) is 0.333. The lowest BCUT2D eigenvalue weighted by Crippen LogP contribution is -1.83. The first-order valence-electron chi connectivity index (χ1n) is 3.05. The quantitative estimate of drug-likeness (QED) is 0.447. The predicted octanol–water partition coefficient (Wildman–Crippen LogP) is 3.10. The van der Waals surface area contributed by atoms with Gasteiger partial charge in [-0.1, -0.05) is 11.3 Å². The monoisotopic (exact) mass is 221 g/mol. The molecule has 0 saturated heterocycles. The molecular weight excluding hydrogens is 214 g/mol. The van der Waals surface area contributed by atoms with Gasteiger partial charge in [0.2, 0.25) is 0 Å². The van der Waals surface area contributed by atoms with Gasteiger partial charge in [0, 0.05) is 0 Å². The van der Waals surface area contributed by atoms with Crippen molar-refractivity contribution in [1.29, 1.82) is 0 Å². The van der Waals surface area contributed by atoms with E-state index in [9.17, 15) is 10.1 Å². The lowest BCUT2D eigenvalue weighted by Gasteiger charge is -1.87. The molecule has 1 aromatic rings. The van der Waals surface area contributed by atoms with E-state index in [4.69, 9.17) is 0 Å². The first-order valence-corrected chi connectivity index (χ1v) is 6.32. The number of rotatable bonds is 3. The van der Waals surface area contributed by atoms with Gasteiger partial charge in [0.25, 0.3) is 0 Å². The highest BCUT2D eigenvalue weighted by Gasteiger charge is 2.17. The fourth-order valence-electron chi connectivity index (χ4n) is 0.718. The lowest BCUT2D eigenvalue weighted by molar-refractivity contribution is -0.382. The second kappa shape index (κ2) is 4.15. The summed E-state index contributed by atoms with van der Waals surface area (Å²) in [6.45, 7) is 0. The van der Waals surface area contributed by atoms with Crippen molar-refractivity contribution < 1.29 is 4.92 Å². The topological polar surface area (TPSA) is 43.1 Å². The Hall–Kier alpha value is -0.200. The van der Waals surface area contributed by atoms with Crippen molar-refractivity contribution >= 4 is 39.9 Å². The molecule has 0 aliphatic heterocycles. The lowest BCUT2D eigenvalue weighted by atomic mass is 10.6. The summed E-state index contributed by atoms with van der Waals surface area (Å²) < 4.78 is 0.992. The van der Waals surface area contributed by atoms with Crippen molar-refractivity contribution in [3.05, 3.63) is 16.2 Å². The molecule has 0 N–H and O–H groups in total. The van der Waals surface area contributed by atoms with E-state index in [2.05, 4.69) is 0 Å². The third kappa shape index (κ3) is 1.94. The average Bonchev–Trinajstić information content (AvgIpc) is 2.47. The van der Waals surface area contributed by atoms with Crippen LogP contribution in [-0.2, 0) is 0 Å². The number of nitrogens with zero attached hydrogens (tertiary/aromatic N) is 1. The summed E-state index contributed by atoms with van der Waals surface area (Å²) in [5.74, 6) is 0. The number of thiophene rings is 1. The second-order valence-electron chi connectivity index (χ2n) is 1.90. The van der Waals surface area contributed by atoms with Crippen LogP contribution in [0.5, 0.6) is 0 Å². The Balaban J connectivity index is 3.08. The van der Waals surface area contributed by atoms with Crippen molar-refractivity contribution in [2.45, 2.75) is 9.10 Å². The van der Waals surface area contributed by atoms with Gasteiger partial charge in [-0.25, -0.2) is 0 Å². The van der Waals surface area contributed by atoms with Gasteiger partial charge in [0.1, 0.15) is 0 Å². The van der Waals surface area contributed by atoms with E-state index in [0.717, 1.165) is 9.10 Å². The van der Waals surface area contributed by atoms with Gasteiger partial charge in [-0.2, -0.15) is 0 Å². The van der Waals surface area contributed by atoms with E-state index >= 15 is 0 Å². The van der Waals surface area contributed by atoms with Crippen LogP contribution in [0.2, 0.25) is 0 Å². The Morgan fingerprint density at radius 1 is 1.50 bits per heavy atom. The van der Waals surface area contributed by atoms with Crippen molar-refractivity contribution in [2.75, 3.05) is 12.5 Å². The predicted molar refractivity (Wildman–Crippen MR) is 54.5 cm³/mol. The second-order valence-corrected chi connectivity index (χ2v) is 4.89.